The zero-order valence-electron chi connectivity index (χ0n) is 18.4. The molecule has 0 spiro atoms. The van der Waals surface area contributed by atoms with Gasteiger partial charge in [0.1, 0.15) is 0 Å². The van der Waals surface area contributed by atoms with E-state index in [1.807, 2.05) is 33.2 Å². The van der Waals surface area contributed by atoms with Gasteiger partial charge in [0.2, 0.25) is 5.75 Å². The van der Waals surface area contributed by atoms with E-state index in [4.69, 9.17) is 19.2 Å². The molecule has 7 nitrogen and oxygen atoms in total. The summed E-state index contributed by atoms with van der Waals surface area (Å²) in [6.45, 7) is 5.45. The Labute approximate surface area is 173 Å². The van der Waals surface area contributed by atoms with Crippen LogP contribution in [-0.2, 0) is 6.54 Å². The molecule has 2 aromatic carbocycles. The van der Waals surface area contributed by atoms with Crippen LogP contribution in [0.25, 0.3) is 0 Å². The Hall–Kier alpha value is -3.09. The summed E-state index contributed by atoms with van der Waals surface area (Å²) in [6, 6.07) is 10.1. The van der Waals surface area contributed by atoms with Crippen LogP contribution in [-0.4, -0.2) is 47.9 Å². The fourth-order valence-electron chi connectivity index (χ4n) is 2.90. The van der Waals surface area contributed by atoms with Crippen molar-refractivity contribution in [2.24, 2.45) is 4.99 Å². The van der Waals surface area contributed by atoms with Gasteiger partial charge in [-0.1, -0.05) is 6.07 Å². The first-order valence-electron chi connectivity index (χ1n) is 9.55. The normalized spacial score (nSPS) is 11.1. The van der Waals surface area contributed by atoms with Crippen LogP contribution in [0.1, 0.15) is 18.1 Å². The van der Waals surface area contributed by atoms with Crippen LogP contribution >= 0.6 is 0 Å². The number of hydrogen-bond acceptors (Lipinski definition) is 5. The molecule has 0 heterocycles. The summed E-state index contributed by atoms with van der Waals surface area (Å²) >= 11 is 0. The van der Waals surface area contributed by atoms with Gasteiger partial charge >= 0.3 is 0 Å². The molecule has 0 amide bonds. The molecule has 0 radical (unpaired) electrons. The predicted octanol–water partition coefficient (Wildman–Crippen LogP) is 3.66. The van der Waals surface area contributed by atoms with Crippen molar-refractivity contribution in [2.75, 3.05) is 52.2 Å². The lowest BCUT2D eigenvalue weighted by Gasteiger charge is -2.17. The molecule has 7 heteroatoms. The number of aryl methyl sites for hydroxylation is 1. The number of rotatable bonds is 8. The van der Waals surface area contributed by atoms with Gasteiger partial charge in [0.15, 0.2) is 17.5 Å². The van der Waals surface area contributed by atoms with Crippen LogP contribution in [0.15, 0.2) is 35.3 Å². The van der Waals surface area contributed by atoms with E-state index in [1.165, 1.54) is 16.8 Å². The van der Waals surface area contributed by atoms with E-state index in [1.54, 1.807) is 21.3 Å². The second-order valence-corrected chi connectivity index (χ2v) is 6.74. The Balaban J connectivity index is 2.26. The van der Waals surface area contributed by atoms with Gasteiger partial charge < -0.3 is 29.7 Å². The van der Waals surface area contributed by atoms with Crippen molar-refractivity contribution in [1.29, 1.82) is 0 Å². The van der Waals surface area contributed by atoms with E-state index in [-0.39, 0.29) is 0 Å². The number of methoxy groups -OCH3 is 3. The number of nitrogens with zero attached hydrogens (tertiary/aromatic N) is 2. The van der Waals surface area contributed by atoms with Crippen LogP contribution < -0.4 is 29.7 Å². The Morgan fingerprint density at radius 2 is 1.66 bits per heavy atom. The fraction of sp³-hybridized carbons (Fsp3) is 0.409. The molecule has 0 saturated heterocycles. The maximum Gasteiger partial charge on any atom is 0.203 e. The first-order valence-corrected chi connectivity index (χ1v) is 9.55. The summed E-state index contributed by atoms with van der Waals surface area (Å²) in [6.07, 6.45) is 0. The number of benzene rings is 2. The number of guanidine groups is 1. The smallest absolute Gasteiger partial charge is 0.203 e. The standard InChI is InChI=1S/C22H32N4O3/c1-8-23-22(24-14-16-9-10-18(26(3)4)11-15(16)2)25-17-12-19(27-5)21(29-7)20(13-17)28-6/h9-13H,8,14H2,1-7H3,(H2,23,24,25). The molecule has 29 heavy (non-hydrogen) atoms. The minimum Gasteiger partial charge on any atom is -0.493 e. The summed E-state index contributed by atoms with van der Waals surface area (Å²) in [7, 11) is 8.86. The topological polar surface area (TPSA) is 67.4 Å². The van der Waals surface area contributed by atoms with Gasteiger partial charge in [-0.25, -0.2) is 4.99 Å². The molecule has 0 aliphatic carbocycles. The van der Waals surface area contributed by atoms with Gasteiger partial charge in [-0.3, -0.25) is 0 Å². The van der Waals surface area contributed by atoms with E-state index in [9.17, 15) is 0 Å². The quantitative estimate of drug-likeness (QED) is 0.521. The summed E-state index contributed by atoms with van der Waals surface area (Å²) in [5, 5.41) is 6.59. The lowest BCUT2D eigenvalue weighted by molar-refractivity contribution is 0.324. The van der Waals surface area contributed by atoms with Crippen LogP contribution in [0.2, 0.25) is 0 Å². The highest BCUT2D eigenvalue weighted by atomic mass is 16.5. The molecule has 0 aliphatic heterocycles. The first kappa shape index (κ1) is 22.2. The third-order valence-electron chi connectivity index (χ3n) is 4.52. The van der Waals surface area contributed by atoms with Gasteiger partial charge in [-0.2, -0.15) is 0 Å². The maximum atomic E-state index is 5.43. The van der Waals surface area contributed by atoms with Crippen molar-refractivity contribution in [3.8, 4) is 17.2 Å². The van der Waals surface area contributed by atoms with Crippen molar-refractivity contribution in [3.63, 3.8) is 0 Å². The van der Waals surface area contributed by atoms with E-state index in [0.29, 0.717) is 29.8 Å². The molecule has 2 rings (SSSR count). The average Bonchev–Trinajstić information content (AvgIpc) is 2.71. The second-order valence-electron chi connectivity index (χ2n) is 6.74. The van der Waals surface area contributed by atoms with Crippen molar-refractivity contribution in [2.45, 2.75) is 20.4 Å². The zero-order valence-corrected chi connectivity index (χ0v) is 18.4. The SMILES string of the molecule is CCNC(=NCc1ccc(N(C)C)cc1C)Nc1cc(OC)c(OC)c(OC)c1. The van der Waals surface area contributed by atoms with Gasteiger partial charge in [-0.15, -0.1) is 0 Å². The fourth-order valence-corrected chi connectivity index (χ4v) is 2.90. The Morgan fingerprint density at radius 3 is 2.14 bits per heavy atom. The van der Waals surface area contributed by atoms with E-state index in [0.717, 1.165) is 12.2 Å². The molecule has 0 unspecified atom stereocenters. The van der Waals surface area contributed by atoms with Gasteiger partial charge in [-0.05, 0) is 37.1 Å². The highest BCUT2D eigenvalue weighted by Crippen LogP contribution is 2.39. The van der Waals surface area contributed by atoms with E-state index < -0.39 is 0 Å². The molecule has 0 saturated carbocycles. The molecule has 158 valence electrons. The monoisotopic (exact) mass is 400 g/mol. The third kappa shape index (κ3) is 5.70. The molecule has 2 aromatic rings. The summed E-state index contributed by atoms with van der Waals surface area (Å²) in [5.74, 6) is 2.40. The molecule has 0 atom stereocenters. The Morgan fingerprint density at radius 1 is 1.00 bits per heavy atom. The van der Waals surface area contributed by atoms with Crippen LogP contribution in [0, 0.1) is 6.92 Å². The molecular weight excluding hydrogens is 368 g/mol. The first-order chi connectivity index (χ1) is 13.9. The highest BCUT2D eigenvalue weighted by Gasteiger charge is 2.14. The van der Waals surface area contributed by atoms with E-state index >= 15 is 0 Å². The van der Waals surface area contributed by atoms with Crippen LogP contribution in [0.4, 0.5) is 11.4 Å². The van der Waals surface area contributed by atoms with Crippen LogP contribution in [0.5, 0.6) is 17.2 Å². The lowest BCUT2D eigenvalue weighted by atomic mass is 10.1. The minimum absolute atomic E-state index is 0.555. The Bertz CT molecular complexity index is 825. The predicted molar refractivity (Wildman–Crippen MR) is 120 cm³/mol. The zero-order chi connectivity index (χ0) is 21.4. The van der Waals surface area contributed by atoms with Crippen molar-refractivity contribution in [1.82, 2.24) is 5.32 Å². The van der Waals surface area contributed by atoms with Gasteiger partial charge in [0.05, 0.1) is 27.9 Å². The number of ether oxygens (including phenoxy) is 3. The minimum atomic E-state index is 0.555. The van der Waals surface area contributed by atoms with Crippen molar-refractivity contribution in [3.05, 3.63) is 41.5 Å². The Kier molecular flexibility index (Phi) is 8.00. The second kappa shape index (κ2) is 10.5. The largest absolute Gasteiger partial charge is 0.493 e. The van der Waals surface area contributed by atoms with Crippen molar-refractivity contribution < 1.29 is 14.2 Å². The molecule has 0 fully saturated rings. The third-order valence-corrected chi connectivity index (χ3v) is 4.52. The number of nitrogens with one attached hydrogen (secondary N) is 2. The number of anilines is 2. The number of hydrogen-bond donors (Lipinski definition) is 2. The van der Waals surface area contributed by atoms with E-state index in [2.05, 4.69) is 40.7 Å². The lowest BCUT2D eigenvalue weighted by Crippen LogP contribution is -2.30. The molecule has 0 aliphatic rings. The summed E-state index contributed by atoms with van der Waals surface area (Å²) < 4.78 is 16.2. The summed E-state index contributed by atoms with van der Waals surface area (Å²) in [4.78, 5) is 6.83. The van der Waals surface area contributed by atoms with Crippen molar-refractivity contribution >= 4 is 17.3 Å². The van der Waals surface area contributed by atoms with Gasteiger partial charge in [0, 0.05) is 44.1 Å². The molecule has 2 N–H and O–H groups in total. The van der Waals surface area contributed by atoms with Gasteiger partial charge in [0.25, 0.3) is 0 Å². The number of aliphatic imine (C=N–C) groups is 1. The highest BCUT2D eigenvalue weighted by molar-refractivity contribution is 5.94. The maximum absolute atomic E-state index is 5.43. The van der Waals surface area contributed by atoms with Crippen LogP contribution in [0.3, 0.4) is 0 Å². The molecule has 0 bridgehead atoms. The molecule has 0 aromatic heterocycles. The molecular formula is C22H32N4O3. The summed E-state index contributed by atoms with van der Waals surface area (Å²) in [5.41, 5.74) is 4.36. The average molecular weight is 401 g/mol.